The number of rotatable bonds is 7. The molecule has 1 saturated heterocycles. The molecule has 6 nitrogen and oxygen atoms in total. The van der Waals surface area contributed by atoms with E-state index < -0.39 is 15.3 Å². The average molecular weight is 469 g/mol. The van der Waals surface area contributed by atoms with Gasteiger partial charge in [0.05, 0.1) is 18.1 Å². The third-order valence-electron chi connectivity index (χ3n) is 5.07. The van der Waals surface area contributed by atoms with Crippen LogP contribution in [0.3, 0.4) is 0 Å². The van der Waals surface area contributed by atoms with Crippen LogP contribution in [0.4, 0.5) is 5.69 Å². The average Bonchev–Trinajstić information content (AvgIpc) is 2.84. The van der Waals surface area contributed by atoms with E-state index in [0.29, 0.717) is 32.0 Å². The lowest BCUT2D eigenvalue weighted by atomic mass is 10.1. The van der Waals surface area contributed by atoms with Crippen molar-refractivity contribution >= 4 is 33.4 Å². The molecule has 0 aliphatic carbocycles. The Labute approximate surface area is 192 Å². The van der Waals surface area contributed by atoms with E-state index in [1.54, 1.807) is 12.1 Å². The summed E-state index contributed by atoms with van der Waals surface area (Å²) in [6, 6.07) is 25.7. The molecular formula is C24H24N2O4S2. The first kappa shape index (κ1) is 22.5. The lowest BCUT2D eigenvalue weighted by Crippen LogP contribution is -2.40. The van der Waals surface area contributed by atoms with Gasteiger partial charge in [0, 0.05) is 23.7 Å². The number of amides is 1. The number of morpholine rings is 1. The monoisotopic (exact) mass is 468 g/mol. The Kier molecular flexibility index (Phi) is 7.26. The van der Waals surface area contributed by atoms with Crippen LogP contribution in [-0.4, -0.2) is 44.9 Å². The predicted octanol–water partition coefficient (Wildman–Crippen LogP) is 4.18. The fourth-order valence-electron chi connectivity index (χ4n) is 3.39. The highest BCUT2D eigenvalue weighted by Crippen LogP contribution is 2.36. The van der Waals surface area contributed by atoms with E-state index in [-0.39, 0.29) is 10.8 Å². The lowest BCUT2D eigenvalue weighted by molar-refractivity contribution is -0.115. The molecule has 0 saturated carbocycles. The van der Waals surface area contributed by atoms with Gasteiger partial charge in [0.15, 0.2) is 0 Å². The summed E-state index contributed by atoms with van der Waals surface area (Å²) >= 11 is 1.47. The van der Waals surface area contributed by atoms with Crippen LogP contribution >= 0.6 is 11.8 Å². The molecule has 1 N–H and O–H groups in total. The van der Waals surface area contributed by atoms with Gasteiger partial charge in [-0.3, -0.25) is 4.79 Å². The van der Waals surface area contributed by atoms with Crippen LogP contribution in [0.1, 0.15) is 10.8 Å². The van der Waals surface area contributed by atoms with Crippen molar-refractivity contribution in [3.8, 4) is 0 Å². The minimum absolute atomic E-state index is 0.172. The fourth-order valence-corrected chi connectivity index (χ4v) is 5.84. The molecule has 0 radical (unpaired) electrons. The number of nitrogens with zero attached hydrogens (tertiary/aromatic N) is 1. The van der Waals surface area contributed by atoms with Gasteiger partial charge in [-0.1, -0.05) is 48.5 Å². The van der Waals surface area contributed by atoms with Crippen molar-refractivity contribution < 1.29 is 17.9 Å². The highest BCUT2D eigenvalue weighted by molar-refractivity contribution is 8.00. The summed E-state index contributed by atoms with van der Waals surface area (Å²) in [6.45, 7) is 1.48. The van der Waals surface area contributed by atoms with E-state index in [1.165, 1.54) is 28.2 Å². The van der Waals surface area contributed by atoms with E-state index in [4.69, 9.17) is 4.74 Å². The van der Waals surface area contributed by atoms with Gasteiger partial charge in [0.25, 0.3) is 0 Å². The summed E-state index contributed by atoms with van der Waals surface area (Å²) in [5, 5.41) is 2.48. The maximum Gasteiger partial charge on any atom is 0.243 e. The van der Waals surface area contributed by atoms with Crippen LogP contribution < -0.4 is 5.32 Å². The van der Waals surface area contributed by atoms with Crippen LogP contribution in [0.25, 0.3) is 0 Å². The second-order valence-electron chi connectivity index (χ2n) is 7.25. The Morgan fingerprint density at radius 3 is 2.09 bits per heavy atom. The minimum atomic E-state index is -3.57. The van der Waals surface area contributed by atoms with Gasteiger partial charge in [0.2, 0.25) is 15.9 Å². The normalized spacial score (nSPS) is 15.8. The SMILES string of the molecule is O=C(Nc1ccc(S(=O)(=O)N2CCOCC2)cc1)C(Sc1ccccc1)c1ccccc1. The molecular weight excluding hydrogens is 444 g/mol. The van der Waals surface area contributed by atoms with Gasteiger partial charge in [0.1, 0.15) is 5.25 Å². The number of carbonyl (C=O) groups excluding carboxylic acids is 1. The van der Waals surface area contributed by atoms with E-state index >= 15 is 0 Å². The summed E-state index contributed by atoms with van der Waals surface area (Å²) < 4.78 is 32.3. The standard InChI is InChI=1S/C24H24N2O4S2/c27-24(23(19-7-3-1-4-8-19)31-21-9-5-2-6-10-21)25-20-11-13-22(14-12-20)32(28,29)26-15-17-30-18-16-26/h1-14,23H,15-18H2,(H,25,27). The van der Waals surface area contributed by atoms with Gasteiger partial charge < -0.3 is 10.1 Å². The van der Waals surface area contributed by atoms with Gasteiger partial charge in [-0.2, -0.15) is 4.31 Å². The molecule has 1 unspecified atom stereocenters. The van der Waals surface area contributed by atoms with Crippen molar-refractivity contribution in [2.24, 2.45) is 0 Å². The maximum atomic E-state index is 13.2. The van der Waals surface area contributed by atoms with E-state index in [2.05, 4.69) is 5.32 Å². The molecule has 1 fully saturated rings. The molecule has 32 heavy (non-hydrogen) atoms. The van der Waals surface area contributed by atoms with Gasteiger partial charge in [-0.25, -0.2) is 8.42 Å². The Morgan fingerprint density at radius 2 is 1.47 bits per heavy atom. The largest absolute Gasteiger partial charge is 0.379 e. The number of thioether (sulfide) groups is 1. The maximum absolute atomic E-state index is 13.2. The van der Waals surface area contributed by atoms with Crippen molar-refractivity contribution in [1.82, 2.24) is 4.31 Å². The first-order valence-corrected chi connectivity index (χ1v) is 12.6. The molecule has 1 amide bonds. The highest BCUT2D eigenvalue weighted by atomic mass is 32.2. The zero-order valence-corrected chi connectivity index (χ0v) is 19.0. The zero-order chi connectivity index (χ0) is 22.4. The topological polar surface area (TPSA) is 75.7 Å². The number of ether oxygens (including phenoxy) is 1. The van der Waals surface area contributed by atoms with Crippen LogP contribution in [0, 0.1) is 0 Å². The second kappa shape index (κ2) is 10.3. The van der Waals surface area contributed by atoms with E-state index in [0.717, 1.165) is 10.5 Å². The molecule has 1 atom stereocenters. The van der Waals surface area contributed by atoms with Crippen LogP contribution in [-0.2, 0) is 19.6 Å². The zero-order valence-electron chi connectivity index (χ0n) is 17.4. The molecule has 0 bridgehead atoms. The molecule has 166 valence electrons. The first-order valence-electron chi connectivity index (χ1n) is 10.3. The van der Waals surface area contributed by atoms with Crippen LogP contribution in [0.15, 0.2) is 94.7 Å². The molecule has 3 aromatic carbocycles. The molecule has 4 rings (SSSR count). The summed E-state index contributed by atoms with van der Waals surface area (Å²) in [7, 11) is -3.57. The predicted molar refractivity (Wildman–Crippen MR) is 126 cm³/mol. The second-order valence-corrected chi connectivity index (χ2v) is 10.4. The molecule has 1 aliphatic rings. The number of hydrogen-bond acceptors (Lipinski definition) is 5. The number of anilines is 1. The van der Waals surface area contributed by atoms with Gasteiger partial charge in [-0.05, 0) is 42.0 Å². The molecule has 3 aromatic rings. The smallest absolute Gasteiger partial charge is 0.243 e. The Balaban J connectivity index is 1.50. The van der Waals surface area contributed by atoms with Crippen molar-refractivity contribution in [1.29, 1.82) is 0 Å². The molecule has 1 aliphatic heterocycles. The number of sulfonamides is 1. The van der Waals surface area contributed by atoms with Crippen molar-refractivity contribution in [2.75, 3.05) is 31.6 Å². The Morgan fingerprint density at radius 1 is 0.875 bits per heavy atom. The van der Waals surface area contributed by atoms with Gasteiger partial charge in [-0.15, -0.1) is 11.8 Å². The summed E-state index contributed by atoms with van der Waals surface area (Å²) in [5.74, 6) is -0.172. The highest BCUT2D eigenvalue weighted by Gasteiger charge is 2.26. The van der Waals surface area contributed by atoms with Gasteiger partial charge >= 0.3 is 0 Å². The summed E-state index contributed by atoms with van der Waals surface area (Å²) in [4.78, 5) is 14.4. The number of hydrogen-bond donors (Lipinski definition) is 1. The quantitative estimate of drug-likeness (QED) is 0.527. The number of carbonyl (C=O) groups is 1. The Hall–Kier alpha value is -2.65. The first-order chi connectivity index (χ1) is 15.5. The third kappa shape index (κ3) is 5.39. The molecule has 8 heteroatoms. The summed E-state index contributed by atoms with van der Waals surface area (Å²) in [5.41, 5.74) is 1.44. The minimum Gasteiger partial charge on any atom is -0.379 e. The third-order valence-corrected chi connectivity index (χ3v) is 8.25. The molecule has 0 aromatic heterocycles. The Bertz CT molecular complexity index is 1130. The number of benzene rings is 3. The van der Waals surface area contributed by atoms with Crippen molar-refractivity contribution in [3.63, 3.8) is 0 Å². The fraction of sp³-hybridized carbons (Fsp3) is 0.208. The van der Waals surface area contributed by atoms with Crippen LogP contribution in [0.2, 0.25) is 0 Å². The van der Waals surface area contributed by atoms with E-state index in [9.17, 15) is 13.2 Å². The van der Waals surface area contributed by atoms with E-state index in [1.807, 2.05) is 60.7 Å². The molecule has 1 heterocycles. The van der Waals surface area contributed by atoms with Crippen LogP contribution in [0.5, 0.6) is 0 Å². The molecule has 0 spiro atoms. The summed E-state index contributed by atoms with van der Waals surface area (Å²) in [6.07, 6.45) is 0. The number of nitrogens with one attached hydrogen (secondary N) is 1. The van der Waals surface area contributed by atoms with Crippen molar-refractivity contribution in [2.45, 2.75) is 15.0 Å². The van der Waals surface area contributed by atoms with Crippen molar-refractivity contribution in [3.05, 3.63) is 90.5 Å². The lowest BCUT2D eigenvalue weighted by Gasteiger charge is -2.26.